The molecule has 0 aliphatic rings. The van der Waals surface area contributed by atoms with Crippen molar-refractivity contribution in [2.45, 2.75) is 33.3 Å². The maximum atomic E-state index is 9.60. The van der Waals surface area contributed by atoms with E-state index in [1.54, 1.807) is 0 Å². The molecule has 1 aromatic heterocycles. The van der Waals surface area contributed by atoms with Crippen molar-refractivity contribution < 1.29 is 9.53 Å². The predicted octanol–water partition coefficient (Wildman–Crippen LogP) is 3.43. The van der Waals surface area contributed by atoms with Crippen LogP contribution in [0, 0.1) is 6.92 Å². The Labute approximate surface area is 102 Å². The van der Waals surface area contributed by atoms with Crippen molar-refractivity contribution in [2.75, 3.05) is 0 Å². The second-order valence-electron chi connectivity index (χ2n) is 4.84. The van der Waals surface area contributed by atoms with E-state index < -0.39 is 0 Å². The highest BCUT2D eigenvalue weighted by atomic mass is 16.5. The van der Waals surface area contributed by atoms with Gasteiger partial charge < -0.3 is 9.72 Å². The molecule has 3 nitrogen and oxygen atoms in total. The van der Waals surface area contributed by atoms with Crippen LogP contribution in [0.25, 0.3) is 10.9 Å². The Hall–Kier alpha value is -1.77. The Morgan fingerprint density at radius 3 is 2.41 bits per heavy atom. The number of ether oxygens (including phenoxy) is 1. The van der Waals surface area contributed by atoms with Crippen molar-refractivity contribution in [3.63, 3.8) is 0 Å². The molecule has 0 fully saturated rings. The van der Waals surface area contributed by atoms with Gasteiger partial charge in [-0.3, -0.25) is 4.79 Å². The highest BCUT2D eigenvalue weighted by molar-refractivity contribution is 5.82. The third-order valence-corrected chi connectivity index (χ3v) is 2.20. The highest BCUT2D eigenvalue weighted by Crippen LogP contribution is 2.14. The first-order valence-electron chi connectivity index (χ1n) is 5.58. The molecule has 0 atom stereocenters. The van der Waals surface area contributed by atoms with Crippen molar-refractivity contribution in [2.24, 2.45) is 0 Å². The minimum absolute atomic E-state index is 0.318. The zero-order valence-corrected chi connectivity index (χ0v) is 10.8. The van der Waals surface area contributed by atoms with E-state index in [1.807, 2.05) is 27.0 Å². The molecule has 0 saturated carbocycles. The molecule has 0 aliphatic carbocycles. The van der Waals surface area contributed by atoms with E-state index in [2.05, 4.69) is 40.9 Å². The number of H-pyrrole nitrogens is 1. The number of carbonyl (C=O) groups excluding carboxylic acids is 1. The Bertz CT molecular complexity index is 480. The molecular weight excluding hydrogens is 214 g/mol. The van der Waals surface area contributed by atoms with Gasteiger partial charge in [0, 0.05) is 11.7 Å². The molecule has 0 amide bonds. The quantitative estimate of drug-likeness (QED) is 0.767. The number of benzene rings is 1. The predicted molar refractivity (Wildman–Crippen MR) is 69.9 cm³/mol. The molecule has 17 heavy (non-hydrogen) atoms. The monoisotopic (exact) mass is 233 g/mol. The fraction of sp³-hybridized carbons (Fsp3) is 0.357. The lowest BCUT2D eigenvalue weighted by Crippen LogP contribution is -2.17. The summed E-state index contributed by atoms with van der Waals surface area (Å²) >= 11 is 0. The van der Waals surface area contributed by atoms with Gasteiger partial charge in [-0.2, -0.15) is 0 Å². The number of aromatic nitrogens is 1. The molecule has 2 aromatic rings. The van der Waals surface area contributed by atoms with Crippen molar-refractivity contribution in [1.29, 1.82) is 0 Å². The molecule has 1 N–H and O–H groups in total. The zero-order valence-electron chi connectivity index (χ0n) is 10.8. The molecule has 1 aromatic carbocycles. The Kier molecular flexibility index (Phi) is 4.32. The van der Waals surface area contributed by atoms with Crippen LogP contribution in [-0.4, -0.2) is 17.1 Å². The van der Waals surface area contributed by atoms with E-state index in [-0.39, 0.29) is 5.60 Å². The average Bonchev–Trinajstić information content (AvgIpc) is 2.66. The number of carbonyl (C=O) groups is 1. The molecule has 0 spiro atoms. The summed E-state index contributed by atoms with van der Waals surface area (Å²) in [5.41, 5.74) is 2.24. The molecule has 2 rings (SSSR count). The second kappa shape index (κ2) is 5.53. The molecule has 0 bridgehead atoms. The number of para-hydroxylation sites is 1. The number of nitrogens with one attached hydrogen (secondary N) is 1. The molecule has 1 heterocycles. The van der Waals surface area contributed by atoms with E-state index in [0.29, 0.717) is 6.47 Å². The maximum Gasteiger partial charge on any atom is 0.293 e. The lowest BCUT2D eigenvalue weighted by Gasteiger charge is -2.14. The maximum absolute atomic E-state index is 9.60. The van der Waals surface area contributed by atoms with Crippen LogP contribution in [0.5, 0.6) is 0 Å². The molecular formula is C14H19NO2. The van der Waals surface area contributed by atoms with Crippen LogP contribution in [0.15, 0.2) is 30.5 Å². The lowest BCUT2D eigenvalue weighted by atomic mass is 10.2. The van der Waals surface area contributed by atoms with Gasteiger partial charge in [-0.25, -0.2) is 0 Å². The van der Waals surface area contributed by atoms with Crippen LogP contribution in [0.4, 0.5) is 0 Å². The summed E-state index contributed by atoms with van der Waals surface area (Å²) in [4.78, 5) is 12.8. The van der Waals surface area contributed by atoms with E-state index in [0.717, 1.165) is 0 Å². The van der Waals surface area contributed by atoms with E-state index in [4.69, 9.17) is 0 Å². The number of hydrogen-bond donors (Lipinski definition) is 1. The summed E-state index contributed by atoms with van der Waals surface area (Å²) in [7, 11) is 0. The third-order valence-electron chi connectivity index (χ3n) is 2.20. The Balaban J connectivity index is 0.000000185. The van der Waals surface area contributed by atoms with Gasteiger partial charge in [-0.15, -0.1) is 0 Å². The topological polar surface area (TPSA) is 42.1 Å². The van der Waals surface area contributed by atoms with Crippen molar-refractivity contribution >= 4 is 17.4 Å². The minimum atomic E-state index is -0.318. The van der Waals surface area contributed by atoms with Crippen LogP contribution < -0.4 is 0 Å². The first-order valence-corrected chi connectivity index (χ1v) is 5.58. The minimum Gasteiger partial charge on any atom is -0.462 e. The van der Waals surface area contributed by atoms with Gasteiger partial charge in [0.1, 0.15) is 5.60 Å². The van der Waals surface area contributed by atoms with Gasteiger partial charge in [0.2, 0.25) is 0 Å². The average molecular weight is 233 g/mol. The molecule has 0 aliphatic heterocycles. The SMILES string of the molecule is CC(C)(C)OC=O.Cc1cccc2cc[nH]c12. The normalized spacial score (nSPS) is 10.6. The summed E-state index contributed by atoms with van der Waals surface area (Å²) in [6.07, 6.45) is 1.97. The Morgan fingerprint density at radius 1 is 1.24 bits per heavy atom. The van der Waals surface area contributed by atoms with Gasteiger partial charge in [0.15, 0.2) is 0 Å². The summed E-state index contributed by atoms with van der Waals surface area (Å²) in [5.74, 6) is 0. The fourth-order valence-electron chi connectivity index (χ4n) is 1.39. The van der Waals surface area contributed by atoms with Gasteiger partial charge in [0.05, 0.1) is 0 Å². The molecule has 0 saturated heterocycles. The van der Waals surface area contributed by atoms with Crippen LogP contribution in [0.1, 0.15) is 26.3 Å². The molecule has 92 valence electrons. The van der Waals surface area contributed by atoms with Gasteiger partial charge in [-0.1, -0.05) is 18.2 Å². The number of rotatable bonds is 1. The van der Waals surface area contributed by atoms with Gasteiger partial charge in [0.25, 0.3) is 6.47 Å². The number of hydrogen-bond acceptors (Lipinski definition) is 2. The summed E-state index contributed by atoms with van der Waals surface area (Å²) in [5, 5.41) is 1.29. The fourth-order valence-corrected chi connectivity index (χ4v) is 1.39. The summed E-state index contributed by atoms with van der Waals surface area (Å²) in [6, 6.07) is 8.38. The standard InChI is InChI=1S/C9H9N.C5H10O2/c1-7-3-2-4-8-5-6-10-9(7)8;1-5(2,3)7-4-6/h2-6,10H,1H3;4H,1-3H3. The molecule has 3 heteroatoms. The highest BCUT2D eigenvalue weighted by Gasteiger charge is 2.07. The molecule has 0 unspecified atom stereocenters. The van der Waals surface area contributed by atoms with Crippen molar-refractivity contribution in [3.8, 4) is 0 Å². The van der Waals surface area contributed by atoms with Crippen LogP contribution in [-0.2, 0) is 9.53 Å². The van der Waals surface area contributed by atoms with Crippen molar-refractivity contribution in [3.05, 3.63) is 36.0 Å². The first-order chi connectivity index (χ1) is 7.94. The number of fused-ring (bicyclic) bond motifs is 1. The third kappa shape index (κ3) is 4.31. The van der Waals surface area contributed by atoms with E-state index in [1.165, 1.54) is 16.5 Å². The first kappa shape index (κ1) is 13.3. The van der Waals surface area contributed by atoms with E-state index in [9.17, 15) is 4.79 Å². The summed E-state index contributed by atoms with van der Waals surface area (Å²) < 4.78 is 4.55. The van der Waals surface area contributed by atoms with Crippen LogP contribution in [0.2, 0.25) is 0 Å². The lowest BCUT2D eigenvalue weighted by molar-refractivity contribution is -0.138. The number of aromatic amines is 1. The van der Waals surface area contributed by atoms with Gasteiger partial charge in [-0.05, 0) is 44.7 Å². The summed E-state index contributed by atoms with van der Waals surface area (Å²) in [6.45, 7) is 8.03. The van der Waals surface area contributed by atoms with Crippen LogP contribution >= 0.6 is 0 Å². The second-order valence-corrected chi connectivity index (χ2v) is 4.84. The Morgan fingerprint density at radius 2 is 1.94 bits per heavy atom. The largest absolute Gasteiger partial charge is 0.462 e. The van der Waals surface area contributed by atoms with Gasteiger partial charge >= 0.3 is 0 Å². The zero-order chi connectivity index (χ0) is 12.9. The van der Waals surface area contributed by atoms with E-state index >= 15 is 0 Å². The van der Waals surface area contributed by atoms with Crippen molar-refractivity contribution in [1.82, 2.24) is 4.98 Å². The van der Waals surface area contributed by atoms with Crippen LogP contribution in [0.3, 0.4) is 0 Å². The molecule has 0 radical (unpaired) electrons. The smallest absolute Gasteiger partial charge is 0.293 e. The number of aryl methyl sites for hydroxylation is 1.